The summed E-state index contributed by atoms with van der Waals surface area (Å²) >= 11 is 0. The first-order valence-corrected chi connectivity index (χ1v) is 21.1. The van der Waals surface area contributed by atoms with Crippen LogP contribution in [0.2, 0.25) is 0 Å². The molecule has 0 aromatic heterocycles. The average Bonchev–Trinajstić information content (AvgIpc) is 3.09. The summed E-state index contributed by atoms with van der Waals surface area (Å²) in [4.78, 5) is 36.8. The van der Waals surface area contributed by atoms with Crippen molar-refractivity contribution in [3.05, 3.63) is 60.8 Å². The van der Waals surface area contributed by atoms with Gasteiger partial charge in [-0.25, -0.2) is 4.57 Å². The highest BCUT2D eigenvalue weighted by atomic mass is 31.2. The molecule has 0 aromatic rings. The molecule has 10 heteroatoms. The second-order valence-corrected chi connectivity index (χ2v) is 14.5. The molecule has 0 bridgehead atoms. The Bertz CT molecular complexity index is 1040. The summed E-state index contributed by atoms with van der Waals surface area (Å²) in [6, 6.07) is 0. The molecule has 51 heavy (non-hydrogen) atoms. The number of carbonyl (C=O) groups is 2. The van der Waals surface area contributed by atoms with Gasteiger partial charge in [0, 0.05) is 19.4 Å². The van der Waals surface area contributed by atoms with E-state index in [1.54, 1.807) is 0 Å². The first kappa shape index (κ1) is 48.7. The summed E-state index contributed by atoms with van der Waals surface area (Å²) in [5, 5.41) is 0. The topological polar surface area (TPSA) is 112 Å². The van der Waals surface area contributed by atoms with E-state index in [-0.39, 0.29) is 26.1 Å². The first-order valence-electron chi connectivity index (χ1n) is 19.6. The highest BCUT2D eigenvalue weighted by molar-refractivity contribution is 7.47. The molecule has 1 N–H and O–H groups in total. The molecule has 0 aromatic carbocycles. The fraction of sp³-hybridized carbons (Fsp3) is 0.707. The van der Waals surface area contributed by atoms with Crippen LogP contribution in [0.25, 0.3) is 0 Å². The molecule has 2 unspecified atom stereocenters. The monoisotopic (exact) mass is 737 g/mol. The Balaban J connectivity index is 4.39. The van der Waals surface area contributed by atoms with Crippen molar-refractivity contribution in [2.24, 2.45) is 0 Å². The Morgan fingerprint density at radius 3 is 1.69 bits per heavy atom. The number of hydrogen-bond acceptors (Lipinski definition) is 8. The smallest absolute Gasteiger partial charge is 0.462 e. The van der Waals surface area contributed by atoms with Crippen molar-refractivity contribution in [2.45, 2.75) is 148 Å². The van der Waals surface area contributed by atoms with Gasteiger partial charge in [0.25, 0.3) is 0 Å². The molecule has 0 radical (unpaired) electrons. The third kappa shape index (κ3) is 37.3. The lowest BCUT2D eigenvalue weighted by molar-refractivity contribution is -0.161. The third-order valence-corrected chi connectivity index (χ3v) is 8.79. The van der Waals surface area contributed by atoms with Gasteiger partial charge in [-0.05, 0) is 84.7 Å². The van der Waals surface area contributed by atoms with E-state index in [2.05, 4.69) is 74.6 Å². The van der Waals surface area contributed by atoms with Crippen LogP contribution in [0.4, 0.5) is 0 Å². The van der Waals surface area contributed by atoms with Crippen LogP contribution in [-0.2, 0) is 32.7 Å². The average molecular weight is 738 g/mol. The Labute approximate surface area is 311 Å². The molecule has 0 aliphatic rings. The minimum absolute atomic E-state index is 0.00119. The standard InChI is InChI=1S/C41H72NO8P/c1-5-7-9-11-13-15-17-18-19-20-21-22-24-25-27-29-31-33-40(43)47-37-39(38-49-51(45,46)48-36-35-42(3)4)50-41(44)34-32-30-28-26-23-16-14-12-10-8-6-2/h7,9,12-15,18-19,21-22,39H,5-6,8,10-11,16-17,20,23-38H2,1-4H3,(H,45,46)/b9-7-,14-12-,15-13-,19-18-,22-21-. The number of likely N-dealkylation sites (N-methyl/N-ethyl adjacent to an activating group) is 1. The molecule has 9 nitrogen and oxygen atoms in total. The molecule has 2 atom stereocenters. The van der Waals surface area contributed by atoms with Crippen molar-refractivity contribution in [3.8, 4) is 0 Å². The van der Waals surface area contributed by atoms with E-state index in [1.165, 1.54) is 12.8 Å². The zero-order valence-electron chi connectivity index (χ0n) is 32.5. The summed E-state index contributed by atoms with van der Waals surface area (Å²) in [5.41, 5.74) is 0. The van der Waals surface area contributed by atoms with Gasteiger partial charge in [0.2, 0.25) is 0 Å². The number of allylic oxidation sites excluding steroid dienone is 10. The van der Waals surface area contributed by atoms with E-state index in [1.807, 2.05) is 19.0 Å². The maximum atomic E-state index is 12.6. The first-order chi connectivity index (χ1) is 24.7. The van der Waals surface area contributed by atoms with Gasteiger partial charge in [0.05, 0.1) is 13.2 Å². The number of carbonyl (C=O) groups excluding carboxylic acids is 2. The number of phosphoric ester groups is 1. The van der Waals surface area contributed by atoms with Gasteiger partial charge >= 0.3 is 19.8 Å². The molecule has 0 saturated carbocycles. The Morgan fingerprint density at radius 2 is 1.12 bits per heavy atom. The number of nitrogens with zero attached hydrogens (tertiary/aromatic N) is 1. The van der Waals surface area contributed by atoms with Crippen LogP contribution in [0.3, 0.4) is 0 Å². The highest BCUT2D eigenvalue weighted by Gasteiger charge is 2.26. The summed E-state index contributed by atoms with van der Waals surface area (Å²) in [5.74, 6) is -0.849. The molecule has 0 fully saturated rings. The van der Waals surface area contributed by atoms with Crippen LogP contribution in [0.5, 0.6) is 0 Å². The number of unbranched alkanes of at least 4 members (excludes halogenated alkanes) is 11. The zero-order valence-corrected chi connectivity index (χ0v) is 33.4. The molecule has 294 valence electrons. The minimum Gasteiger partial charge on any atom is -0.462 e. The predicted molar refractivity (Wildman–Crippen MR) is 211 cm³/mol. The number of ether oxygens (including phenoxy) is 2. The molecule has 0 heterocycles. The van der Waals surface area contributed by atoms with Crippen LogP contribution >= 0.6 is 7.82 Å². The van der Waals surface area contributed by atoms with Gasteiger partial charge in [0.1, 0.15) is 6.61 Å². The molecule has 0 spiro atoms. The fourth-order valence-electron chi connectivity index (χ4n) is 4.77. The lowest BCUT2D eigenvalue weighted by Gasteiger charge is -2.20. The second-order valence-electron chi connectivity index (χ2n) is 13.1. The third-order valence-electron chi connectivity index (χ3n) is 7.81. The Kier molecular flexibility index (Phi) is 34.5. The Morgan fingerprint density at radius 1 is 0.627 bits per heavy atom. The maximum Gasteiger partial charge on any atom is 0.472 e. The van der Waals surface area contributed by atoms with Gasteiger partial charge in [0.15, 0.2) is 6.10 Å². The SMILES string of the molecule is CC/C=C\C/C=C\C/C=C\C/C=C\CCCCCCC(=O)OCC(COP(=O)(O)OCCN(C)C)OC(=O)CCCCCCC/C=C\CCCC. The lowest BCUT2D eigenvalue weighted by Crippen LogP contribution is -2.29. The minimum atomic E-state index is -4.37. The second kappa shape index (κ2) is 36.1. The van der Waals surface area contributed by atoms with Crippen LogP contribution in [-0.4, -0.2) is 68.3 Å². The van der Waals surface area contributed by atoms with Crippen LogP contribution in [0, 0.1) is 0 Å². The molecule has 0 saturated heterocycles. The van der Waals surface area contributed by atoms with Gasteiger partial charge in [-0.15, -0.1) is 0 Å². The van der Waals surface area contributed by atoms with Crippen molar-refractivity contribution >= 4 is 19.8 Å². The number of esters is 2. The Hall–Kier alpha value is -2.29. The van der Waals surface area contributed by atoms with E-state index in [9.17, 15) is 19.0 Å². The van der Waals surface area contributed by atoms with Gasteiger partial charge in [-0.3, -0.25) is 18.6 Å². The largest absolute Gasteiger partial charge is 0.472 e. The van der Waals surface area contributed by atoms with Crippen molar-refractivity contribution in [2.75, 3.05) is 40.5 Å². The van der Waals surface area contributed by atoms with Gasteiger partial charge in [-0.2, -0.15) is 0 Å². The summed E-state index contributed by atoms with van der Waals surface area (Å²) in [7, 11) is -0.734. The van der Waals surface area contributed by atoms with E-state index in [0.29, 0.717) is 19.4 Å². The predicted octanol–water partition coefficient (Wildman–Crippen LogP) is 10.8. The summed E-state index contributed by atoms with van der Waals surface area (Å²) < 4.78 is 33.3. The van der Waals surface area contributed by atoms with Crippen LogP contribution in [0.1, 0.15) is 142 Å². The zero-order chi connectivity index (χ0) is 37.7. The molecule has 0 rings (SSSR count). The maximum absolute atomic E-state index is 12.6. The number of hydrogen-bond donors (Lipinski definition) is 1. The van der Waals surface area contributed by atoms with Gasteiger partial charge in [-0.1, -0.05) is 120 Å². The van der Waals surface area contributed by atoms with E-state index in [0.717, 1.165) is 89.9 Å². The quantitative estimate of drug-likeness (QED) is 0.0294. The van der Waals surface area contributed by atoms with E-state index < -0.39 is 32.5 Å². The lowest BCUT2D eigenvalue weighted by atomic mass is 10.1. The van der Waals surface area contributed by atoms with Crippen molar-refractivity contribution in [1.82, 2.24) is 4.90 Å². The van der Waals surface area contributed by atoms with Crippen LogP contribution < -0.4 is 0 Å². The normalized spacial score (nSPS) is 14.2. The molecular formula is C41H72NO8P. The van der Waals surface area contributed by atoms with E-state index >= 15 is 0 Å². The number of phosphoric acid groups is 1. The fourth-order valence-corrected chi connectivity index (χ4v) is 5.52. The molecular weight excluding hydrogens is 665 g/mol. The van der Waals surface area contributed by atoms with Crippen molar-refractivity contribution in [3.63, 3.8) is 0 Å². The van der Waals surface area contributed by atoms with E-state index in [4.69, 9.17) is 18.5 Å². The summed E-state index contributed by atoms with van der Waals surface area (Å²) in [6.07, 6.45) is 39.8. The highest BCUT2D eigenvalue weighted by Crippen LogP contribution is 2.43. The van der Waals surface area contributed by atoms with Crippen molar-refractivity contribution in [1.29, 1.82) is 0 Å². The van der Waals surface area contributed by atoms with Gasteiger partial charge < -0.3 is 19.3 Å². The van der Waals surface area contributed by atoms with Crippen molar-refractivity contribution < 1.29 is 37.6 Å². The summed E-state index contributed by atoms with van der Waals surface area (Å²) in [6.45, 7) is 4.10. The number of rotatable bonds is 35. The van der Waals surface area contributed by atoms with Crippen LogP contribution in [0.15, 0.2) is 60.8 Å². The molecule has 0 amide bonds. The molecule has 0 aliphatic carbocycles. The molecule has 0 aliphatic heterocycles.